The summed E-state index contributed by atoms with van der Waals surface area (Å²) in [6.07, 6.45) is 3.62. The lowest BCUT2D eigenvalue weighted by molar-refractivity contribution is 0.0574. The number of rotatable bonds is 4. The molecule has 21 heavy (non-hydrogen) atoms. The average Bonchev–Trinajstić information content (AvgIpc) is 2.54. The van der Waals surface area contributed by atoms with Gasteiger partial charge in [0, 0.05) is 37.4 Å². The van der Waals surface area contributed by atoms with Gasteiger partial charge >= 0.3 is 0 Å². The number of carbonyl (C=O) groups is 2. The molecule has 0 saturated carbocycles. The average molecular weight is 290 g/mol. The van der Waals surface area contributed by atoms with Crippen LogP contribution in [0.2, 0.25) is 0 Å². The molecule has 2 amide bonds. The third-order valence-corrected chi connectivity index (χ3v) is 3.95. The number of nitrogens with zero attached hydrogens (tertiary/aromatic N) is 1. The fourth-order valence-electron chi connectivity index (χ4n) is 2.82. The maximum atomic E-state index is 12.7. The predicted molar refractivity (Wildman–Crippen MR) is 80.2 cm³/mol. The van der Waals surface area contributed by atoms with Crippen LogP contribution in [0, 0.1) is 0 Å². The number of benzene rings is 1. The molecule has 5 heteroatoms. The van der Waals surface area contributed by atoms with Gasteiger partial charge in [-0.1, -0.05) is 6.07 Å². The van der Waals surface area contributed by atoms with E-state index in [1.807, 2.05) is 4.90 Å². The number of nitrogens with one attached hydrogen (secondary N) is 1. The normalized spacial score (nSPS) is 18.4. The molecule has 1 aliphatic heterocycles. The fraction of sp³-hybridized carbons (Fsp3) is 0.500. The van der Waals surface area contributed by atoms with E-state index in [4.69, 9.17) is 5.11 Å². The summed E-state index contributed by atoms with van der Waals surface area (Å²) < 4.78 is 0. The second kappa shape index (κ2) is 7.22. The van der Waals surface area contributed by atoms with Crippen molar-refractivity contribution in [2.45, 2.75) is 31.7 Å². The Labute approximate surface area is 125 Å². The van der Waals surface area contributed by atoms with Gasteiger partial charge in [-0.05, 0) is 43.9 Å². The van der Waals surface area contributed by atoms with Crippen molar-refractivity contribution in [2.75, 3.05) is 20.2 Å². The van der Waals surface area contributed by atoms with Crippen molar-refractivity contribution in [3.05, 3.63) is 35.4 Å². The Morgan fingerprint density at radius 2 is 2.10 bits per heavy atom. The molecule has 0 spiro atoms. The van der Waals surface area contributed by atoms with Gasteiger partial charge in [0.1, 0.15) is 0 Å². The summed E-state index contributed by atoms with van der Waals surface area (Å²) in [4.78, 5) is 26.2. The first kappa shape index (κ1) is 15.5. The highest BCUT2D eigenvalue weighted by molar-refractivity contribution is 5.99. The van der Waals surface area contributed by atoms with Crippen LogP contribution in [0.1, 0.15) is 46.4 Å². The van der Waals surface area contributed by atoms with Crippen molar-refractivity contribution < 1.29 is 14.7 Å². The highest BCUT2D eigenvalue weighted by atomic mass is 16.3. The van der Waals surface area contributed by atoms with Crippen LogP contribution in [0.3, 0.4) is 0 Å². The molecule has 5 nitrogen and oxygen atoms in total. The molecule has 0 bridgehead atoms. The van der Waals surface area contributed by atoms with Crippen LogP contribution in [0.4, 0.5) is 0 Å². The maximum absolute atomic E-state index is 12.7. The summed E-state index contributed by atoms with van der Waals surface area (Å²) in [5.74, 6) is -0.255. The topological polar surface area (TPSA) is 69.6 Å². The largest absolute Gasteiger partial charge is 0.396 e. The molecule has 1 heterocycles. The highest BCUT2D eigenvalue weighted by Crippen LogP contribution is 2.22. The van der Waals surface area contributed by atoms with Crippen LogP contribution in [0.15, 0.2) is 24.3 Å². The second-order valence-corrected chi connectivity index (χ2v) is 5.32. The Balaban J connectivity index is 2.19. The minimum atomic E-state index is -0.199. The van der Waals surface area contributed by atoms with Gasteiger partial charge in [-0.2, -0.15) is 0 Å². The minimum Gasteiger partial charge on any atom is -0.396 e. The van der Waals surface area contributed by atoms with Gasteiger partial charge in [-0.25, -0.2) is 0 Å². The van der Waals surface area contributed by atoms with Crippen molar-refractivity contribution in [2.24, 2.45) is 0 Å². The molecule has 1 unspecified atom stereocenters. The first-order valence-corrected chi connectivity index (χ1v) is 7.41. The Morgan fingerprint density at radius 1 is 1.33 bits per heavy atom. The van der Waals surface area contributed by atoms with E-state index in [2.05, 4.69) is 5.32 Å². The number of aliphatic hydroxyl groups is 1. The van der Waals surface area contributed by atoms with E-state index >= 15 is 0 Å². The zero-order valence-corrected chi connectivity index (χ0v) is 12.3. The molecular weight excluding hydrogens is 268 g/mol. The maximum Gasteiger partial charge on any atom is 0.254 e. The van der Waals surface area contributed by atoms with Crippen LogP contribution < -0.4 is 5.32 Å². The SMILES string of the molecule is CNC(=O)c1cccc(C(=O)N2CCCCC2CCO)c1. The summed E-state index contributed by atoms with van der Waals surface area (Å²) in [7, 11) is 1.57. The minimum absolute atomic E-state index is 0.0566. The Hall–Kier alpha value is -1.88. The van der Waals surface area contributed by atoms with Crippen LogP contribution in [0.5, 0.6) is 0 Å². The summed E-state index contributed by atoms with van der Waals surface area (Å²) in [5, 5.41) is 11.7. The molecule has 1 aliphatic rings. The molecule has 2 rings (SSSR count). The quantitative estimate of drug-likeness (QED) is 0.881. The summed E-state index contributed by atoms with van der Waals surface area (Å²) in [6, 6.07) is 6.88. The summed E-state index contributed by atoms with van der Waals surface area (Å²) in [5.41, 5.74) is 1.01. The third kappa shape index (κ3) is 3.61. The standard InChI is InChI=1S/C16H22N2O3/c1-17-15(20)12-5-4-6-13(11-12)16(21)18-9-3-2-7-14(18)8-10-19/h4-6,11,14,19H,2-3,7-10H2,1H3,(H,17,20). The number of likely N-dealkylation sites (tertiary alicyclic amines) is 1. The molecule has 1 aromatic rings. The van der Waals surface area contributed by atoms with Crippen molar-refractivity contribution in [3.8, 4) is 0 Å². The lowest BCUT2D eigenvalue weighted by Gasteiger charge is -2.35. The first-order chi connectivity index (χ1) is 10.2. The van der Waals surface area contributed by atoms with Crippen molar-refractivity contribution in [1.29, 1.82) is 0 Å². The number of amides is 2. The Morgan fingerprint density at radius 3 is 2.81 bits per heavy atom. The van der Waals surface area contributed by atoms with Crippen LogP contribution in [-0.2, 0) is 0 Å². The van der Waals surface area contributed by atoms with Gasteiger partial charge in [-0.15, -0.1) is 0 Å². The van der Waals surface area contributed by atoms with E-state index < -0.39 is 0 Å². The van der Waals surface area contributed by atoms with Crippen molar-refractivity contribution in [3.63, 3.8) is 0 Å². The monoisotopic (exact) mass is 290 g/mol. The van der Waals surface area contributed by atoms with E-state index in [0.29, 0.717) is 24.1 Å². The molecule has 1 aromatic carbocycles. The van der Waals surface area contributed by atoms with E-state index in [-0.39, 0.29) is 24.5 Å². The van der Waals surface area contributed by atoms with Gasteiger partial charge in [0.05, 0.1) is 0 Å². The number of hydrogen-bond donors (Lipinski definition) is 2. The molecule has 2 N–H and O–H groups in total. The van der Waals surface area contributed by atoms with Crippen molar-refractivity contribution >= 4 is 11.8 Å². The molecular formula is C16H22N2O3. The highest BCUT2D eigenvalue weighted by Gasteiger charge is 2.27. The van der Waals surface area contributed by atoms with Gasteiger partial charge in [0.15, 0.2) is 0 Å². The van der Waals surface area contributed by atoms with Crippen molar-refractivity contribution in [1.82, 2.24) is 10.2 Å². The number of aliphatic hydroxyl groups excluding tert-OH is 1. The zero-order chi connectivity index (χ0) is 15.2. The van der Waals surface area contributed by atoms with E-state index in [9.17, 15) is 9.59 Å². The second-order valence-electron chi connectivity index (χ2n) is 5.32. The molecule has 0 radical (unpaired) electrons. The summed E-state index contributed by atoms with van der Waals surface area (Å²) >= 11 is 0. The van der Waals surface area contributed by atoms with Gasteiger partial charge < -0.3 is 15.3 Å². The predicted octanol–water partition coefficient (Wildman–Crippen LogP) is 1.42. The zero-order valence-electron chi connectivity index (χ0n) is 12.3. The molecule has 1 fully saturated rings. The first-order valence-electron chi connectivity index (χ1n) is 7.41. The van der Waals surface area contributed by atoms with Crippen LogP contribution >= 0.6 is 0 Å². The smallest absolute Gasteiger partial charge is 0.254 e. The lowest BCUT2D eigenvalue weighted by Crippen LogP contribution is -2.44. The Kier molecular flexibility index (Phi) is 5.33. The van der Waals surface area contributed by atoms with Gasteiger partial charge in [0.25, 0.3) is 11.8 Å². The Bertz CT molecular complexity index is 514. The molecule has 1 saturated heterocycles. The fourth-order valence-corrected chi connectivity index (χ4v) is 2.82. The summed E-state index contributed by atoms with van der Waals surface area (Å²) in [6.45, 7) is 0.806. The number of hydrogen-bond acceptors (Lipinski definition) is 3. The van der Waals surface area contributed by atoms with Gasteiger partial charge in [-0.3, -0.25) is 9.59 Å². The molecule has 1 atom stereocenters. The number of carbonyl (C=O) groups excluding carboxylic acids is 2. The molecule has 0 aliphatic carbocycles. The molecule has 0 aromatic heterocycles. The van der Waals surface area contributed by atoms with E-state index in [1.165, 1.54) is 0 Å². The third-order valence-electron chi connectivity index (χ3n) is 3.95. The van der Waals surface area contributed by atoms with E-state index in [1.54, 1.807) is 31.3 Å². The lowest BCUT2D eigenvalue weighted by atomic mass is 9.98. The molecule has 114 valence electrons. The number of piperidine rings is 1. The van der Waals surface area contributed by atoms with E-state index in [0.717, 1.165) is 19.3 Å². The van der Waals surface area contributed by atoms with Gasteiger partial charge in [0.2, 0.25) is 0 Å². The van der Waals surface area contributed by atoms with Crippen LogP contribution in [-0.4, -0.2) is 48.1 Å². The van der Waals surface area contributed by atoms with Crippen LogP contribution in [0.25, 0.3) is 0 Å².